The minimum Gasteiger partial charge on any atom is -0.462 e. The number of ether oxygens (including phenoxy) is 1. The van der Waals surface area contributed by atoms with Crippen molar-refractivity contribution in [3.63, 3.8) is 0 Å². The maximum atomic E-state index is 11.8. The van der Waals surface area contributed by atoms with E-state index in [0.717, 1.165) is 35.4 Å². The summed E-state index contributed by atoms with van der Waals surface area (Å²) in [4.78, 5) is 19.1. The number of aryl methyl sites for hydroxylation is 1. The molecule has 4 heteroatoms. The van der Waals surface area contributed by atoms with E-state index in [2.05, 4.69) is 36.1 Å². The molecule has 2 heterocycles. The molecule has 1 fully saturated rings. The van der Waals surface area contributed by atoms with Crippen LogP contribution in [0.3, 0.4) is 0 Å². The predicted molar refractivity (Wildman–Crippen MR) is 109 cm³/mol. The molecule has 0 unspecified atom stereocenters. The number of anilines is 1. The number of rotatable bonds is 4. The van der Waals surface area contributed by atoms with Gasteiger partial charge in [-0.15, -0.1) is 0 Å². The molecule has 4 nitrogen and oxygen atoms in total. The fourth-order valence-corrected chi connectivity index (χ4v) is 3.75. The van der Waals surface area contributed by atoms with Crippen molar-refractivity contribution in [3.05, 3.63) is 59.8 Å². The summed E-state index contributed by atoms with van der Waals surface area (Å²) in [6.45, 7) is 6.49. The lowest BCUT2D eigenvalue weighted by molar-refractivity contribution is 0.0526. The van der Waals surface area contributed by atoms with Crippen LogP contribution >= 0.6 is 0 Å². The van der Waals surface area contributed by atoms with Crippen LogP contribution in [0.2, 0.25) is 0 Å². The van der Waals surface area contributed by atoms with E-state index in [-0.39, 0.29) is 5.97 Å². The first kappa shape index (κ1) is 17.5. The molecule has 1 aliphatic heterocycles. The van der Waals surface area contributed by atoms with Gasteiger partial charge in [0.05, 0.1) is 17.7 Å². The number of carbonyl (C=O) groups excluding carboxylic acids is 1. The van der Waals surface area contributed by atoms with Crippen LogP contribution in [0.1, 0.15) is 35.8 Å². The van der Waals surface area contributed by atoms with Crippen molar-refractivity contribution >= 4 is 22.6 Å². The number of pyridine rings is 1. The first-order valence-electron chi connectivity index (χ1n) is 9.59. The molecule has 1 saturated heterocycles. The molecular weight excluding hydrogens is 336 g/mol. The van der Waals surface area contributed by atoms with Crippen molar-refractivity contribution in [1.82, 2.24) is 4.98 Å². The van der Waals surface area contributed by atoms with Gasteiger partial charge in [-0.3, -0.25) is 4.98 Å². The van der Waals surface area contributed by atoms with Gasteiger partial charge in [0.1, 0.15) is 0 Å². The van der Waals surface area contributed by atoms with Crippen LogP contribution in [0.5, 0.6) is 0 Å². The lowest BCUT2D eigenvalue weighted by Gasteiger charge is -2.20. The van der Waals surface area contributed by atoms with Gasteiger partial charge in [0, 0.05) is 29.9 Å². The monoisotopic (exact) mass is 360 g/mol. The van der Waals surface area contributed by atoms with Crippen LogP contribution in [0.25, 0.3) is 22.0 Å². The van der Waals surface area contributed by atoms with Gasteiger partial charge in [-0.2, -0.15) is 0 Å². The Morgan fingerprint density at radius 3 is 2.44 bits per heavy atom. The number of esters is 1. The van der Waals surface area contributed by atoms with E-state index in [0.29, 0.717) is 12.2 Å². The molecule has 138 valence electrons. The Kier molecular flexibility index (Phi) is 4.80. The van der Waals surface area contributed by atoms with Gasteiger partial charge in [-0.05, 0) is 62.1 Å². The van der Waals surface area contributed by atoms with Crippen molar-refractivity contribution < 1.29 is 9.53 Å². The van der Waals surface area contributed by atoms with E-state index in [1.54, 1.807) is 0 Å². The lowest BCUT2D eigenvalue weighted by Crippen LogP contribution is -2.18. The number of nitrogens with zero attached hydrogens (tertiary/aromatic N) is 2. The summed E-state index contributed by atoms with van der Waals surface area (Å²) in [6.07, 6.45) is 2.52. The van der Waals surface area contributed by atoms with E-state index >= 15 is 0 Å². The van der Waals surface area contributed by atoms with Gasteiger partial charge in [-0.1, -0.05) is 24.3 Å². The maximum absolute atomic E-state index is 11.8. The average molecular weight is 360 g/mol. The fraction of sp³-hybridized carbons (Fsp3) is 0.304. The number of hydrogen-bond donors (Lipinski definition) is 0. The van der Waals surface area contributed by atoms with Crippen LogP contribution in [0.15, 0.2) is 48.5 Å². The van der Waals surface area contributed by atoms with Crippen molar-refractivity contribution in [2.24, 2.45) is 0 Å². The minimum absolute atomic E-state index is 0.282. The topological polar surface area (TPSA) is 42.4 Å². The third-order valence-electron chi connectivity index (χ3n) is 5.09. The first-order valence-corrected chi connectivity index (χ1v) is 9.59. The molecule has 0 radical (unpaired) electrons. The Labute approximate surface area is 159 Å². The van der Waals surface area contributed by atoms with Gasteiger partial charge in [0.25, 0.3) is 0 Å². The summed E-state index contributed by atoms with van der Waals surface area (Å²) in [5.74, 6) is -0.282. The zero-order chi connectivity index (χ0) is 18.8. The van der Waals surface area contributed by atoms with E-state index in [9.17, 15) is 4.79 Å². The van der Waals surface area contributed by atoms with E-state index in [1.807, 2.05) is 31.2 Å². The summed E-state index contributed by atoms with van der Waals surface area (Å²) in [6, 6.07) is 16.2. The largest absolute Gasteiger partial charge is 0.462 e. The third-order valence-corrected chi connectivity index (χ3v) is 5.09. The highest BCUT2D eigenvalue weighted by molar-refractivity contribution is 5.95. The Morgan fingerprint density at radius 1 is 1.04 bits per heavy atom. The molecule has 0 aliphatic carbocycles. The number of aromatic nitrogens is 1. The fourth-order valence-electron chi connectivity index (χ4n) is 3.75. The van der Waals surface area contributed by atoms with Gasteiger partial charge in [-0.25, -0.2) is 4.79 Å². The van der Waals surface area contributed by atoms with Crippen molar-refractivity contribution in [3.8, 4) is 11.1 Å². The number of carbonyl (C=O) groups is 1. The summed E-state index contributed by atoms with van der Waals surface area (Å²) < 4.78 is 5.05. The van der Waals surface area contributed by atoms with E-state index in [1.165, 1.54) is 23.9 Å². The highest BCUT2D eigenvalue weighted by Gasteiger charge is 2.16. The highest BCUT2D eigenvalue weighted by atomic mass is 16.5. The van der Waals surface area contributed by atoms with Gasteiger partial charge >= 0.3 is 5.97 Å². The smallest absolute Gasteiger partial charge is 0.338 e. The Hall–Kier alpha value is -2.88. The normalized spacial score (nSPS) is 13.9. The number of hydrogen-bond acceptors (Lipinski definition) is 4. The quantitative estimate of drug-likeness (QED) is 0.615. The van der Waals surface area contributed by atoms with Crippen LogP contribution in [-0.2, 0) is 4.74 Å². The molecule has 0 amide bonds. The molecule has 1 aliphatic rings. The van der Waals surface area contributed by atoms with Gasteiger partial charge < -0.3 is 9.64 Å². The van der Waals surface area contributed by atoms with Crippen molar-refractivity contribution in [2.75, 3.05) is 24.6 Å². The second-order valence-electron chi connectivity index (χ2n) is 7.01. The van der Waals surface area contributed by atoms with Crippen molar-refractivity contribution in [2.45, 2.75) is 26.7 Å². The van der Waals surface area contributed by atoms with Gasteiger partial charge in [0.2, 0.25) is 0 Å². The van der Waals surface area contributed by atoms with E-state index in [4.69, 9.17) is 9.72 Å². The summed E-state index contributed by atoms with van der Waals surface area (Å²) in [5.41, 5.74) is 6.09. The zero-order valence-electron chi connectivity index (χ0n) is 15.9. The van der Waals surface area contributed by atoms with Crippen LogP contribution in [0, 0.1) is 6.92 Å². The molecule has 1 aromatic heterocycles. The molecule has 0 bridgehead atoms. The standard InChI is InChI=1S/C23H24N2O2/c1-3-27-23(26)18-8-6-17(7-9-18)19-10-11-20-21(15-19)24-16(2)14-22(20)25-12-4-5-13-25/h6-11,14-15H,3-5,12-13H2,1-2H3. The van der Waals surface area contributed by atoms with Gasteiger partial charge in [0.15, 0.2) is 0 Å². The molecule has 0 saturated carbocycles. The molecule has 0 atom stereocenters. The summed E-state index contributed by atoms with van der Waals surface area (Å²) in [5, 5.41) is 1.20. The molecule has 27 heavy (non-hydrogen) atoms. The Balaban J connectivity index is 1.70. The van der Waals surface area contributed by atoms with E-state index < -0.39 is 0 Å². The zero-order valence-corrected chi connectivity index (χ0v) is 15.9. The first-order chi connectivity index (χ1) is 13.2. The van der Waals surface area contributed by atoms with Crippen LogP contribution in [-0.4, -0.2) is 30.6 Å². The Morgan fingerprint density at radius 2 is 1.74 bits per heavy atom. The summed E-state index contributed by atoms with van der Waals surface area (Å²) in [7, 11) is 0. The second kappa shape index (κ2) is 7.39. The lowest BCUT2D eigenvalue weighted by atomic mass is 10.0. The molecule has 2 aromatic carbocycles. The second-order valence-corrected chi connectivity index (χ2v) is 7.01. The third kappa shape index (κ3) is 3.52. The predicted octanol–water partition coefficient (Wildman–Crippen LogP) is 4.99. The molecule has 0 spiro atoms. The van der Waals surface area contributed by atoms with Crippen LogP contribution < -0.4 is 4.90 Å². The van der Waals surface area contributed by atoms with Crippen LogP contribution in [0.4, 0.5) is 5.69 Å². The average Bonchev–Trinajstić information content (AvgIpc) is 3.22. The SMILES string of the molecule is CCOC(=O)c1ccc(-c2ccc3c(N4CCCC4)cc(C)nc3c2)cc1. The molecular formula is C23H24N2O2. The Bertz CT molecular complexity index is 974. The minimum atomic E-state index is -0.282. The maximum Gasteiger partial charge on any atom is 0.338 e. The number of fused-ring (bicyclic) bond motifs is 1. The number of benzene rings is 2. The summed E-state index contributed by atoms with van der Waals surface area (Å²) >= 11 is 0. The van der Waals surface area contributed by atoms with Crippen molar-refractivity contribution in [1.29, 1.82) is 0 Å². The highest BCUT2D eigenvalue weighted by Crippen LogP contribution is 2.32. The molecule has 0 N–H and O–H groups in total. The molecule has 4 rings (SSSR count). The molecule has 3 aromatic rings.